The summed E-state index contributed by atoms with van der Waals surface area (Å²) in [5, 5.41) is 4.01. The maximum Gasteiger partial charge on any atom is 0.171 e. The Hall–Kier alpha value is -1.99. The molecule has 0 aliphatic heterocycles. The van der Waals surface area contributed by atoms with Gasteiger partial charge in [-0.2, -0.15) is 0 Å². The van der Waals surface area contributed by atoms with Gasteiger partial charge < -0.3 is 9.47 Å². The summed E-state index contributed by atoms with van der Waals surface area (Å²) in [7, 11) is -0.166. The van der Waals surface area contributed by atoms with E-state index < -0.39 is 7.26 Å². The fourth-order valence-corrected chi connectivity index (χ4v) is 6.85. The molecule has 0 radical (unpaired) electrons. The van der Waals surface area contributed by atoms with E-state index in [2.05, 4.69) is 91.0 Å². The van der Waals surface area contributed by atoms with E-state index in [0.29, 0.717) is 19.6 Å². The summed E-state index contributed by atoms with van der Waals surface area (Å²) in [6, 6.07) is 32.3. The highest BCUT2D eigenvalue weighted by Crippen LogP contribution is 2.55. The van der Waals surface area contributed by atoms with E-state index in [0.717, 1.165) is 0 Å². The molecule has 0 N–H and O–H groups in total. The maximum atomic E-state index is 6.13. The average Bonchev–Trinajstić information content (AvgIpc) is 2.70. The molecular formula is C22H24O2P+. The number of hydrogen-bond donors (Lipinski definition) is 0. The highest BCUT2D eigenvalue weighted by Gasteiger charge is 2.45. The van der Waals surface area contributed by atoms with Crippen LogP contribution < -0.4 is 15.9 Å². The van der Waals surface area contributed by atoms with Crippen LogP contribution in [0.15, 0.2) is 91.0 Å². The molecule has 3 aromatic carbocycles. The van der Waals surface area contributed by atoms with Gasteiger partial charge >= 0.3 is 0 Å². The Kier molecular flexibility index (Phi) is 6.36. The van der Waals surface area contributed by atoms with E-state index in [1.54, 1.807) is 7.11 Å². The third-order valence-corrected chi connectivity index (χ3v) is 8.42. The molecule has 0 fully saturated rings. The predicted octanol–water partition coefficient (Wildman–Crippen LogP) is 3.60. The minimum atomic E-state index is -1.87. The molecular weight excluding hydrogens is 327 g/mol. The van der Waals surface area contributed by atoms with Crippen LogP contribution in [-0.2, 0) is 9.47 Å². The summed E-state index contributed by atoms with van der Waals surface area (Å²) in [5.74, 6) is 0. The van der Waals surface area contributed by atoms with Crippen LogP contribution in [-0.4, -0.2) is 26.7 Å². The molecule has 0 bridgehead atoms. The lowest BCUT2D eigenvalue weighted by Crippen LogP contribution is -2.34. The van der Waals surface area contributed by atoms with Crippen molar-refractivity contribution >= 4 is 23.2 Å². The Labute approximate surface area is 150 Å². The topological polar surface area (TPSA) is 18.5 Å². The van der Waals surface area contributed by atoms with Gasteiger partial charge in [-0.05, 0) is 36.4 Å². The fourth-order valence-electron chi connectivity index (χ4n) is 3.06. The van der Waals surface area contributed by atoms with Crippen molar-refractivity contribution in [3.8, 4) is 0 Å². The molecule has 0 spiro atoms. The Morgan fingerprint density at radius 3 is 1.36 bits per heavy atom. The van der Waals surface area contributed by atoms with E-state index in [4.69, 9.17) is 9.47 Å². The molecule has 2 nitrogen and oxygen atoms in total. The number of ether oxygens (including phenoxy) is 2. The van der Waals surface area contributed by atoms with Crippen LogP contribution in [0.1, 0.15) is 0 Å². The molecule has 3 heteroatoms. The van der Waals surface area contributed by atoms with Gasteiger partial charge in [0.15, 0.2) is 6.35 Å². The summed E-state index contributed by atoms with van der Waals surface area (Å²) < 4.78 is 11.3. The molecule has 0 aliphatic rings. The maximum absolute atomic E-state index is 6.13. The van der Waals surface area contributed by atoms with Crippen molar-refractivity contribution in [2.75, 3.05) is 26.7 Å². The quantitative estimate of drug-likeness (QED) is 0.456. The minimum Gasteiger partial charge on any atom is -0.382 e. The molecule has 25 heavy (non-hydrogen) atoms. The standard InChI is InChI=1S/C22H24O2P/c1-23-17-18-24-19-25(20-11-5-2-6-12-20,21-13-7-3-8-14-21)22-15-9-4-10-16-22/h2-16H,17-19H2,1H3/q+1. The molecule has 0 amide bonds. The lowest BCUT2D eigenvalue weighted by atomic mass is 10.4. The molecule has 0 unspecified atom stereocenters. The monoisotopic (exact) mass is 351 g/mol. The first-order chi connectivity index (χ1) is 12.4. The van der Waals surface area contributed by atoms with Crippen LogP contribution in [0.4, 0.5) is 0 Å². The van der Waals surface area contributed by atoms with Crippen LogP contribution in [0.3, 0.4) is 0 Å². The molecule has 3 aromatic rings. The second kappa shape index (κ2) is 8.92. The van der Waals surface area contributed by atoms with Gasteiger partial charge in [-0.3, -0.25) is 0 Å². The normalized spacial score (nSPS) is 11.4. The molecule has 0 saturated heterocycles. The van der Waals surface area contributed by atoms with Crippen LogP contribution in [0, 0.1) is 0 Å². The molecule has 128 valence electrons. The molecule has 0 atom stereocenters. The predicted molar refractivity (Wildman–Crippen MR) is 108 cm³/mol. The summed E-state index contributed by atoms with van der Waals surface area (Å²) in [4.78, 5) is 0. The van der Waals surface area contributed by atoms with E-state index in [9.17, 15) is 0 Å². The number of benzene rings is 3. The largest absolute Gasteiger partial charge is 0.382 e. The number of methoxy groups -OCH3 is 1. The molecule has 0 aromatic heterocycles. The lowest BCUT2D eigenvalue weighted by molar-refractivity contribution is 0.0939. The van der Waals surface area contributed by atoms with E-state index >= 15 is 0 Å². The number of rotatable bonds is 8. The Bertz CT molecular complexity index is 648. The minimum absolute atomic E-state index is 0.602. The Balaban J connectivity index is 2.13. The summed E-state index contributed by atoms with van der Waals surface area (Å²) in [6.45, 7) is 1.21. The average molecular weight is 351 g/mol. The van der Waals surface area contributed by atoms with Gasteiger partial charge in [0.2, 0.25) is 0 Å². The fraction of sp³-hybridized carbons (Fsp3) is 0.182. The Morgan fingerprint density at radius 1 is 0.600 bits per heavy atom. The zero-order valence-electron chi connectivity index (χ0n) is 14.5. The molecule has 3 rings (SSSR count). The third-order valence-electron chi connectivity index (χ3n) is 4.31. The van der Waals surface area contributed by atoms with Crippen molar-refractivity contribution in [1.29, 1.82) is 0 Å². The summed E-state index contributed by atoms with van der Waals surface area (Å²) in [6.07, 6.45) is 0.675. The zero-order valence-corrected chi connectivity index (χ0v) is 15.4. The van der Waals surface area contributed by atoms with Gasteiger partial charge in [-0.25, -0.2) is 0 Å². The summed E-state index contributed by atoms with van der Waals surface area (Å²) >= 11 is 0. The SMILES string of the molecule is COCCOC[P+](c1ccccc1)(c1ccccc1)c1ccccc1. The highest BCUT2D eigenvalue weighted by atomic mass is 31.2. The smallest absolute Gasteiger partial charge is 0.171 e. The second-order valence-corrected chi connectivity index (χ2v) is 9.27. The zero-order chi connectivity index (χ0) is 17.4. The molecule has 0 heterocycles. The first-order valence-electron chi connectivity index (χ1n) is 8.49. The van der Waals surface area contributed by atoms with Crippen molar-refractivity contribution in [3.05, 3.63) is 91.0 Å². The Morgan fingerprint density at radius 2 is 1.00 bits per heavy atom. The lowest BCUT2D eigenvalue weighted by Gasteiger charge is -2.27. The van der Waals surface area contributed by atoms with Gasteiger partial charge in [0.1, 0.15) is 23.2 Å². The van der Waals surface area contributed by atoms with Gasteiger partial charge in [-0.1, -0.05) is 54.6 Å². The van der Waals surface area contributed by atoms with Crippen LogP contribution in [0.25, 0.3) is 0 Å². The van der Waals surface area contributed by atoms with E-state index in [-0.39, 0.29) is 0 Å². The second-order valence-electron chi connectivity index (χ2n) is 5.85. The van der Waals surface area contributed by atoms with Crippen molar-refractivity contribution in [2.24, 2.45) is 0 Å². The highest BCUT2D eigenvalue weighted by molar-refractivity contribution is 7.95. The van der Waals surface area contributed by atoms with Crippen molar-refractivity contribution < 1.29 is 9.47 Å². The molecule has 0 saturated carbocycles. The third kappa shape index (κ3) is 3.99. The first-order valence-corrected chi connectivity index (χ1v) is 10.5. The number of hydrogen-bond acceptors (Lipinski definition) is 2. The van der Waals surface area contributed by atoms with E-state index in [1.165, 1.54) is 15.9 Å². The van der Waals surface area contributed by atoms with Crippen LogP contribution in [0.2, 0.25) is 0 Å². The van der Waals surface area contributed by atoms with E-state index in [1.807, 2.05) is 0 Å². The molecule has 0 aliphatic carbocycles. The van der Waals surface area contributed by atoms with Crippen LogP contribution >= 0.6 is 7.26 Å². The van der Waals surface area contributed by atoms with Gasteiger partial charge in [-0.15, -0.1) is 0 Å². The van der Waals surface area contributed by atoms with Crippen molar-refractivity contribution in [2.45, 2.75) is 0 Å². The van der Waals surface area contributed by atoms with Crippen molar-refractivity contribution in [1.82, 2.24) is 0 Å². The summed E-state index contributed by atoms with van der Waals surface area (Å²) in [5.41, 5.74) is 0. The van der Waals surface area contributed by atoms with Gasteiger partial charge in [0, 0.05) is 7.11 Å². The van der Waals surface area contributed by atoms with Gasteiger partial charge in [0.25, 0.3) is 0 Å². The van der Waals surface area contributed by atoms with Crippen LogP contribution in [0.5, 0.6) is 0 Å². The van der Waals surface area contributed by atoms with Gasteiger partial charge in [0.05, 0.1) is 13.2 Å². The first kappa shape index (κ1) is 17.8. The van der Waals surface area contributed by atoms with Crippen molar-refractivity contribution in [3.63, 3.8) is 0 Å².